The standard InChI is InChI=1S/C16H16FNO2S/c1-20-16(19)12-9-11(6-7-13(12)17)18-15(10-4-5-10)14-3-2-8-21-14/h2-3,6-10,15,18H,4-5H2,1H3. The summed E-state index contributed by atoms with van der Waals surface area (Å²) in [6.45, 7) is 0. The number of carbonyl (C=O) groups is 1. The summed E-state index contributed by atoms with van der Waals surface area (Å²) in [6, 6.07) is 8.83. The minimum Gasteiger partial charge on any atom is -0.465 e. The maximum absolute atomic E-state index is 13.7. The van der Waals surface area contributed by atoms with Gasteiger partial charge in [-0.1, -0.05) is 6.07 Å². The SMILES string of the molecule is COC(=O)c1cc(NC(c2cccs2)C2CC2)ccc1F. The molecule has 1 atom stereocenters. The largest absolute Gasteiger partial charge is 0.465 e. The first-order valence-corrected chi connectivity index (χ1v) is 7.75. The first kappa shape index (κ1) is 14.1. The van der Waals surface area contributed by atoms with Crippen LogP contribution in [-0.4, -0.2) is 13.1 Å². The molecule has 1 aliphatic carbocycles. The number of anilines is 1. The van der Waals surface area contributed by atoms with Crippen LogP contribution < -0.4 is 5.32 Å². The Morgan fingerprint density at radius 3 is 2.86 bits per heavy atom. The highest BCUT2D eigenvalue weighted by Crippen LogP contribution is 2.44. The number of thiophene rings is 1. The molecule has 1 aliphatic rings. The summed E-state index contributed by atoms with van der Waals surface area (Å²) in [6.07, 6.45) is 2.39. The zero-order valence-electron chi connectivity index (χ0n) is 11.6. The zero-order chi connectivity index (χ0) is 14.8. The van der Waals surface area contributed by atoms with E-state index >= 15 is 0 Å². The lowest BCUT2D eigenvalue weighted by Gasteiger charge is -2.18. The molecule has 1 heterocycles. The van der Waals surface area contributed by atoms with Crippen molar-refractivity contribution in [3.63, 3.8) is 0 Å². The van der Waals surface area contributed by atoms with Gasteiger partial charge in [-0.2, -0.15) is 0 Å². The second kappa shape index (κ2) is 5.85. The Hall–Kier alpha value is -1.88. The molecule has 1 aromatic heterocycles. The van der Waals surface area contributed by atoms with Crippen molar-refractivity contribution < 1.29 is 13.9 Å². The van der Waals surface area contributed by atoms with Crippen molar-refractivity contribution in [2.45, 2.75) is 18.9 Å². The van der Waals surface area contributed by atoms with Crippen molar-refractivity contribution in [2.75, 3.05) is 12.4 Å². The highest BCUT2D eigenvalue weighted by Gasteiger charge is 2.33. The number of esters is 1. The van der Waals surface area contributed by atoms with Crippen molar-refractivity contribution in [1.29, 1.82) is 0 Å². The van der Waals surface area contributed by atoms with Crippen molar-refractivity contribution in [2.24, 2.45) is 5.92 Å². The number of carbonyl (C=O) groups excluding carboxylic acids is 1. The second-order valence-corrected chi connectivity index (χ2v) is 6.14. The van der Waals surface area contributed by atoms with E-state index in [1.807, 2.05) is 6.07 Å². The number of rotatable bonds is 5. The van der Waals surface area contributed by atoms with Crippen molar-refractivity contribution in [3.05, 3.63) is 52.0 Å². The maximum Gasteiger partial charge on any atom is 0.340 e. The molecule has 0 saturated heterocycles. The number of methoxy groups -OCH3 is 1. The number of nitrogens with one attached hydrogen (secondary N) is 1. The Labute approximate surface area is 126 Å². The first-order chi connectivity index (χ1) is 10.2. The first-order valence-electron chi connectivity index (χ1n) is 6.87. The van der Waals surface area contributed by atoms with Gasteiger partial charge < -0.3 is 10.1 Å². The summed E-state index contributed by atoms with van der Waals surface area (Å²) in [4.78, 5) is 12.8. The van der Waals surface area contributed by atoms with Crippen LogP contribution in [0, 0.1) is 11.7 Å². The molecule has 1 N–H and O–H groups in total. The maximum atomic E-state index is 13.7. The Bertz CT molecular complexity index is 638. The quantitative estimate of drug-likeness (QED) is 0.840. The lowest BCUT2D eigenvalue weighted by atomic mass is 10.1. The molecule has 2 aromatic rings. The van der Waals surface area contributed by atoms with E-state index in [4.69, 9.17) is 0 Å². The molecule has 21 heavy (non-hydrogen) atoms. The lowest BCUT2D eigenvalue weighted by Crippen LogP contribution is -2.13. The van der Waals surface area contributed by atoms with Crippen LogP contribution in [0.1, 0.15) is 34.1 Å². The smallest absolute Gasteiger partial charge is 0.340 e. The van der Waals surface area contributed by atoms with Crippen molar-refractivity contribution >= 4 is 23.0 Å². The van der Waals surface area contributed by atoms with Crippen LogP contribution in [-0.2, 0) is 4.74 Å². The number of halogens is 1. The summed E-state index contributed by atoms with van der Waals surface area (Å²) in [5, 5.41) is 5.48. The molecule has 0 aliphatic heterocycles. The average molecular weight is 305 g/mol. The minimum absolute atomic E-state index is 0.0387. The molecule has 5 heteroatoms. The predicted octanol–water partition coefficient (Wildman–Crippen LogP) is 4.24. The van der Waals surface area contributed by atoms with Crippen LogP contribution in [0.15, 0.2) is 35.7 Å². The minimum atomic E-state index is -0.657. The van der Waals surface area contributed by atoms with Crippen LogP contribution in [0.25, 0.3) is 0 Å². The highest BCUT2D eigenvalue weighted by atomic mass is 32.1. The van der Waals surface area contributed by atoms with E-state index in [0.29, 0.717) is 5.92 Å². The summed E-state index contributed by atoms with van der Waals surface area (Å²) >= 11 is 1.71. The molecule has 0 radical (unpaired) electrons. The van der Waals surface area contributed by atoms with E-state index in [9.17, 15) is 9.18 Å². The molecular formula is C16H16FNO2S. The van der Waals surface area contributed by atoms with E-state index in [-0.39, 0.29) is 11.6 Å². The molecule has 3 nitrogen and oxygen atoms in total. The van der Waals surface area contributed by atoms with Crippen molar-refractivity contribution in [1.82, 2.24) is 0 Å². The Kier molecular flexibility index (Phi) is 3.92. The molecule has 1 aromatic carbocycles. The average Bonchev–Trinajstić information content (AvgIpc) is 3.19. The molecule has 1 saturated carbocycles. The fourth-order valence-corrected chi connectivity index (χ4v) is 3.25. The summed E-state index contributed by atoms with van der Waals surface area (Å²) < 4.78 is 18.3. The van der Waals surface area contributed by atoms with E-state index in [2.05, 4.69) is 21.5 Å². The third-order valence-corrected chi connectivity index (χ3v) is 4.59. The van der Waals surface area contributed by atoms with Gasteiger partial charge in [0.2, 0.25) is 0 Å². The predicted molar refractivity (Wildman–Crippen MR) is 81.1 cm³/mol. The summed E-state index contributed by atoms with van der Waals surface area (Å²) in [5.41, 5.74) is 0.699. The third-order valence-electron chi connectivity index (χ3n) is 3.64. The fourth-order valence-electron chi connectivity index (χ4n) is 2.38. The van der Waals surface area contributed by atoms with Crippen LogP contribution in [0.4, 0.5) is 10.1 Å². The number of ether oxygens (including phenoxy) is 1. The van der Waals surface area contributed by atoms with Gasteiger partial charge in [0.1, 0.15) is 5.82 Å². The number of hydrogen-bond acceptors (Lipinski definition) is 4. The van der Waals surface area contributed by atoms with Gasteiger partial charge in [-0.15, -0.1) is 11.3 Å². The van der Waals surface area contributed by atoms with E-state index in [1.165, 1.54) is 37.0 Å². The van der Waals surface area contributed by atoms with Crippen LogP contribution in [0.3, 0.4) is 0 Å². The Balaban J connectivity index is 1.85. The number of benzene rings is 1. The molecule has 3 rings (SSSR count). The summed E-state index contributed by atoms with van der Waals surface area (Å²) in [7, 11) is 1.25. The second-order valence-electron chi connectivity index (χ2n) is 5.16. The van der Waals surface area contributed by atoms with Gasteiger partial charge in [0.25, 0.3) is 0 Å². The van der Waals surface area contributed by atoms with Gasteiger partial charge in [0.05, 0.1) is 18.7 Å². The van der Waals surface area contributed by atoms with E-state index < -0.39 is 11.8 Å². The molecule has 0 spiro atoms. The number of hydrogen-bond donors (Lipinski definition) is 1. The molecule has 1 unspecified atom stereocenters. The zero-order valence-corrected chi connectivity index (χ0v) is 12.5. The van der Waals surface area contributed by atoms with Crippen LogP contribution in [0.2, 0.25) is 0 Å². The molecule has 110 valence electrons. The van der Waals surface area contributed by atoms with Gasteiger partial charge in [-0.05, 0) is 48.4 Å². The molecular weight excluding hydrogens is 289 g/mol. The molecule has 1 fully saturated rings. The normalized spacial score (nSPS) is 15.5. The van der Waals surface area contributed by atoms with Gasteiger partial charge in [-0.25, -0.2) is 9.18 Å². The highest BCUT2D eigenvalue weighted by molar-refractivity contribution is 7.10. The summed E-state index contributed by atoms with van der Waals surface area (Å²) in [5.74, 6) is -0.614. The Morgan fingerprint density at radius 1 is 1.43 bits per heavy atom. The third kappa shape index (κ3) is 3.08. The molecule has 0 bridgehead atoms. The fraction of sp³-hybridized carbons (Fsp3) is 0.312. The molecule has 0 amide bonds. The van der Waals surface area contributed by atoms with E-state index in [1.54, 1.807) is 17.4 Å². The monoisotopic (exact) mass is 305 g/mol. The van der Waals surface area contributed by atoms with Gasteiger partial charge in [-0.3, -0.25) is 0 Å². The lowest BCUT2D eigenvalue weighted by molar-refractivity contribution is 0.0595. The van der Waals surface area contributed by atoms with Crippen LogP contribution in [0.5, 0.6) is 0 Å². The van der Waals surface area contributed by atoms with Crippen molar-refractivity contribution in [3.8, 4) is 0 Å². The van der Waals surface area contributed by atoms with E-state index in [0.717, 1.165) is 5.69 Å². The van der Waals surface area contributed by atoms with Gasteiger partial charge >= 0.3 is 5.97 Å². The van der Waals surface area contributed by atoms with Gasteiger partial charge in [0.15, 0.2) is 0 Å². The Morgan fingerprint density at radius 2 is 2.24 bits per heavy atom. The van der Waals surface area contributed by atoms with Gasteiger partial charge in [0, 0.05) is 10.6 Å². The van der Waals surface area contributed by atoms with Crippen LogP contribution >= 0.6 is 11.3 Å². The topological polar surface area (TPSA) is 38.3 Å².